The Morgan fingerprint density at radius 1 is 1.20 bits per heavy atom. The van der Waals surface area contributed by atoms with Crippen LogP contribution in [0.25, 0.3) is 5.52 Å². The molecule has 3 aromatic rings. The van der Waals surface area contributed by atoms with E-state index < -0.39 is 5.97 Å². The monoisotopic (exact) mass is 351 g/mol. The van der Waals surface area contributed by atoms with Crippen LogP contribution in [0.15, 0.2) is 48.5 Å². The molecular formula is C20H14ClNO3. The van der Waals surface area contributed by atoms with Gasteiger partial charge < -0.3 is 9.14 Å². The second-order valence-corrected chi connectivity index (χ2v) is 5.88. The number of aromatic nitrogens is 1. The van der Waals surface area contributed by atoms with Crippen molar-refractivity contribution < 1.29 is 14.3 Å². The van der Waals surface area contributed by atoms with E-state index >= 15 is 0 Å². The molecule has 2 aromatic heterocycles. The van der Waals surface area contributed by atoms with Crippen molar-refractivity contribution in [2.24, 2.45) is 0 Å². The maximum atomic E-state index is 12.9. The van der Waals surface area contributed by atoms with Gasteiger partial charge in [-0.1, -0.05) is 23.6 Å². The number of hydrogen-bond donors (Lipinski definition) is 0. The molecule has 0 atom stereocenters. The van der Waals surface area contributed by atoms with Crippen molar-refractivity contribution in [2.45, 2.75) is 6.92 Å². The van der Waals surface area contributed by atoms with Crippen LogP contribution in [-0.2, 0) is 4.74 Å². The van der Waals surface area contributed by atoms with Gasteiger partial charge in [-0.15, -0.1) is 6.42 Å². The minimum Gasteiger partial charge on any atom is -0.449 e. The molecule has 1 aromatic carbocycles. The molecule has 0 unspecified atom stereocenters. The van der Waals surface area contributed by atoms with Gasteiger partial charge in [-0.25, -0.2) is 4.79 Å². The fourth-order valence-corrected chi connectivity index (χ4v) is 2.81. The highest BCUT2D eigenvalue weighted by Gasteiger charge is 2.22. The zero-order chi connectivity index (χ0) is 18.0. The van der Waals surface area contributed by atoms with Gasteiger partial charge in [0.05, 0.1) is 16.8 Å². The van der Waals surface area contributed by atoms with Gasteiger partial charge in [0.25, 0.3) is 0 Å². The molecule has 5 heteroatoms. The van der Waals surface area contributed by atoms with Crippen molar-refractivity contribution in [2.75, 3.05) is 6.61 Å². The number of pyridine rings is 1. The predicted octanol–water partition coefficient (Wildman–Crippen LogP) is 3.92. The third kappa shape index (κ3) is 3.15. The Hall–Kier alpha value is -3.03. The van der Waals surface area contributed by atoms with Gasteiger partial charge >= 0.3 is 5.97 Å². The van der Waals surface area contributed by atoms with E-state index in [2.05, 4.69) is 5.92 Å². The number of ether oxygens (including phenoxy) is 1. The number of ketones is 1. The van der Waals surface area contributed by atoms with E-state index in [1.165, 1.54) is 6.07 Å². The zero-order valence-electron chi connectivity index (χ0n) is 13.5. The van der Waals surface area contributed by atoms with Gasteiger partial charge in [-0.3, -0.25) is 4.79 Å². The molecule has 0 radical (unpaired) electrons. The van der Waals surface area contributed by atoms with Crippen LogP contribution in [0.4, 0.5) is 0 Å². The summed E-state index contributed by atoms with van der Waals surface area (Å²) >= 11 is 5.88. The van der Waals surface area contributed by atoms with Crippen LogP contribution >= 0.6 is 11.6 Å². The maximum Gasteiger partial charge on any atom is 0.341 e. The highest BCUT2D eigenvalue weighted by Crippen LogP contribution is 2.23. The van der Waals surface area contributed by atoms with Gasteiger partial charge in [-0.2, -0.15) is 0 Å². The topological polar surface area (TPSA) is 47.8 Å². The van der Waals surface area contributed by atoms with E-state index in [4.69, 9.17) is 22.8 Å². The van der Waals surface area contributed by atoms with Crippen LogP contribution < -0.4 is 0 Å². The van der Waals surface area contributed by atoms with Crippen molar-refractivity contribution in [1.29, 1.82) is 0 Å². The number of aryl methyl sites for hydroxylation is 1. The van der Waals surface area contributed by atoms with Crippen LogP contribution in [0.5, 0.6) is 0 Å². The summed E-state index contributed by atoms with van der Waals surface area (Å²) in [6.07, 6.45) is 5.14. The second-order valence-electron chi connectivity index (χ2n) is 5.45. The Bertz CT molecular complexity index is 1010. The van der Waals surface area contributed by atoms with Gasteiger partial charge in [-0.05, 0) is 49.4 Å². The average Bonchev–Trinajstić information content (AvgIpc) is 3.01. The summed E-state index contributed by atoms with van der Waals surface area (Å²) < 4.78 is 6.76. The fourth-order valence-electron chi connectivity index (χ4n) is 2.69. The molecule has 25 heavy (non-hydrogen) atoms. The number of carbonyl (C=O) groups is 2. The molecule has 124 valence electrons. The highest BCUT2D eigenvalue weighted by molar-refractivity contribution is 6.30. The summed E-state index contributed by atoms with van der Waals surface area (Å²) in [7, 11) is 0. The van der Waals surface area contributed by atoms with Gasteiger partial charge in [0.1, 0.15) is 0 Å². The summed E-state index contributed by atoms with van der Waals surface area (Å²) in [4.78, 5) is 25.2. The first-order valence-corrected chi connectivity index (χ1v) is 7.92. The summed E-state index contributed by atoms with van der Waals surface area (Å²) in [5, 5.41) is 0.547. The molecule has 0 saturated carbocycles. The van der Waals surface area contributed by atoms with Crippen LogP contribution in [0.1, 0.15) is 32.1 Å². The number of benzene rings is 1. The third-order valence-corrected chi connectivity index (χ3v) is 4.08. The number of carbonyl (C=O) groups excluding carboxylic acids is 2. The smallest absolute Gasteiger partial charge is 0.341 e. The Morgan fingerprint density at radius 3 is 2.60 bits per heavy atom. The molecule has 0 spiro atoms. The van der Waals surface area contributed by atoms with E-state index in [9.17, 15) is 9.59 Å². The third-order valence-electron chi connectivity index (χ3n) is 3.83. The predicted molar refractivity (Wildman–Crippen MR) is 96.1 cm³/mol. The number of esters is 1. The van der Waals surface area contributed by atoms with Crippen LogP contribution in [-0.4, -0.2) is 22.8 Å². The molecular weight excluding hydrogens is 338 g/mol. The summed E-state index contributed by atoms with van der Waals surface area (Å²) in [5.41, 5.74) is 2.58. The first kappa shape index (κ1) is 16.8. The van der Waals surface area contributed by atoms with Crippen molar-refractivity contribution >= 4 is 28.9 Å². The SMILES string of the molecule is C#CCOC(=O)c1cc(C(=O)c2ccc(Cl)cc2)n2c(C)cccc12. The largest absolute Gasteiger partial charge is 0.449 e. The van der Waals surface area contributed by atoms with Crippen molar-refractivity contribution in [3.8, 4) is 12.3 Å². The highest BCUT2D eigenvalue weighted by atomic mass is 35.5. The van der Waals surface area contributed by atoms with E-state index in [0.29, 0.717) is 27.4 Å². The lowest BCUT2D eigenvalue weighted by molar-refractivity contribution is 0.0559. The van der Waals surface area contributed by atoms with E-state index in [0.717, 1.165) is 5.69 Å². The van der Waals surface area contributed by atoms with E-state index in [-0.39, 0.29) is 12.4 Å². The van der Waals surface area contributed by atoms with Crippen molar-refractivity contribution in [1.82, 2.24) is 4.40 Å². The first-order chi connectivity index (χ1) is 12.0. The minimum absolute atomic E-state index is 0.123. The molecule has 0 saturated heterocycles. The summed E-state index contributed by atoms with van der Waals surface area (Å²) in [6.45, 7) is 1.74. The lowest BCUT2D eigenvalue weighted by Crippen LogP contribution is -2.06. The number of nitrogens with zero attached hydrogens (tertiary/aromatic N) is 1. The number of halogens is 1. The summed E-state index contributed by atoms with van der Waals surface area (Å²) in [5.74, 6) is 1.49. The van der Waals surface area contributed by atoms with Crippen LogP contribution in [0, 0.1) is 19.3 Å². The Morgan fingerprint density at radius 2 is 1.92 bits per heavy atom. The molecule has 4 nitrogen and oxygen atoms in total. The standard InChI is InChI=1S/C20H14ClNO3/c1-3-11-25-20(24)16-12-18(22-13(2)5-4-6-17(16)22)19(23)14-7-9-15(21)10-8-14/h1,4-10,12H,11H2,2H3. The zero-order valence-corrected chi connectivity index (χ0v) is 14.2. The molecule has 2 heterocycles. The van der Waals surface area contributed by atoms with E-state index in [1.54, 1.807) is 34.7 Å². The lowest BCUT2D eigenvalue weighted by Gasteiger charge is -2.06. The number of terminal acetylenes is 1. The fraction of sp³-hybridized carbons (Fsp3) is 0.100. The molecule has 0 bridgehead atoms. The van der Waals surface area contributed by atoms with Crippen molar-refractivity contribution in [3.63, 3.8) is 0 Å². The molecule has 3 rings (SSSR count). The lowest BCUT2D eigenvalue weighted by atomic mass is 10.1. The first-order valence-electron chi connectivity index (χ1n) is 7.55. The molecule has 0 aliphatic heterocycles. The van der Waals surface area contributed by atoms with Crippen molar-refractivity contribution in [3.05, 3.63) is 76.1 Å². The number of rotatable bonds is 4. The number of fused-ring (bicyclic) bond motifs is 1. The Balaban J connectivity index is 2.15. The Labute approximate surface area is 150 Å². The van der Waals surface area contributed by atoms with E-state index in [1.807, 2.05) is 19.1 Å². The average molecular weight is 352 g/mol. The minimum atomic E-state index is -0.559. The maximum absolute atomic E-state index is 12.9. The van der Waals surface area contributed by atoms with Gasteiger partial charge in [0, 0.05) is 16.3 Å². The quantitative estimate of drug-likeness (QED) is 0.406. The van der Waals surface area contributed by atoms with Crippen LogP contribution in [0.3, 0.4) is 0 Å². The second kappa shape index (κ2) is 6.84. The summed E-state index contributed by atoms with van der Waals surface area (Å²) in [6, 6.07) is 13.6. The molecule has 0 aliphatic rings. The molecule has 0 N–H and O–H groups in total. The molecule has 0 amide bonds. The number of hydrogen-bond acceptors (Lipinski definition) is 3. The van der Waals surface area contributed by atoms with Gasteiger partial charge in [0.15, 0.2) is 6.61 Å². The molecule has 0 fully saturated rings. The van der Waals surface area contributed by atoms with Crippen LogP contribution in [0.2, 0.25) is 5.02 Å². The Kier molecular flexibility index (Phi) is 4.60. The molecule has 0 aliphatic carbocycles. The van der Waals surface area contributed by atoms with Gasteiger partial charge in [0.2, 0.25) is 5.78 Å². The normalized spacial score (nSPS) is 10.4.